The summed E-state index contributed by atoms with van der Waals surface area (Å²) in [6.45, 7) is 3.25. The number of benzene rings is 3. The molecule has 0 aliphatic rings. The number of ether oxygens (including phenoxy) is 2. The maximum atomic E-state index is 13.5. The molecule has 0 unspecified atom stereocenters. The second-order valence-corrected chi connectivity index (χ2v) is 7.27. The fourth-order valence-electron chi connectivity index (χ4n) is 3.12. The lowest BCUT2D eigenvalue weighted by atomic mass is 10.2. The lowest BCUT2D eigenvalue weighted by molar-refractivity contribution is -0.149. The van der Waals surface area contributed by atoms with Gasteiger partial charge in [0.15, 0.2) is 24.8 Å². The molecular weight excluding hydrogens is 411 g/mol. The number of rotatable bonds is 9. The van der Waals surface area contributed by atoms with E-state index in [1.807, 2.05) is 42.5 Å². The highest BCUT2D eigenvalue weighted by Gasteiger charge is 2.14. The van der Waals surface area contributed by atoms with Crippen molar-refractivity contribution in [1.29, 1.82) is 0 Å². The van der Waals surface area contributed by atoms with Crippen LogP contribution in [-0.4, -0.2) is 31.1 Å². The van der Waals surface area contributed by atoms with Gasteiger partial charge in [0.1, 0.15) is 0 Å². The number of carbonyl (C=O) groups is 2. The molecule has 1 amide bonds. The summed E-state index contributed by atoms with van der Waals surface area (Å²) in [7, 11) is 0. The van der Waals surface area contributed by atoms with Crippen molar-refractivity contribution in [3.05, 3.63) is 84.7 Å². The van der Waals surface area contributed by atoms with Gasteiger partial charge >= 0.3 is 5.97 Å². The van der Waals surface area contributed by atoms with Gasteiger partial charge < -0.3 is 19.7 Å². The molecule has 0 bridgehead atoms. The minimum absolute atomic E-state index is 0.0556. The van der Waals surface area contributed by atoms with E-state index >= 15 is 0 Å². The summed E-state index contributed by atoms with van der Waals surface area (Å²) in [5, 5.41) is 2.68. The van der Waals surface area contributed by atoms with Gasteiger partial charge in [0, 0.05) is 23.1 Å². The molecule has 0 fully saturated rings. The number of nitrogens with zero attached hydrogens (tertiary/aromatic N) is 1. The fraction of sp³-hybridized carbons (Fsp3) is 0.200. The molecule has 0 heterocycles. The van der Waals surface area contributed by atoms with Crippen LogP contribution in [0.25, 0.3) is 0 Å². The number of halogens is 1. The first-order chi connectivity index (χ1) is 15.4. The van der Waals surface area contributed by atoms with Crippen molar-refractivity contribution in [2.45, 2.75) is 19.9 Å². The number of anilines is 3. The van der Waals surface area contributed by atoms with Gasteiger partial charge in [-0.1, -0.05) is 30.3 Å². The van der Waals surface area contributed by atoms with Crippen LogP contribution in [0.2, 0.25) is 0 Å². The fourth-order valence-corrected chi connectivity index (χ4v) is 3.12. The predicted octanol–water partition coefficient (Wildman–Crippen LogP) is 4.93. The zero-order valence-corrected chi connectivity index (χ0v) is 18.0. The molecule has 0 spiro atoms. The maximum absolute atomic E-state index is 13.5. The van der Waals surface area contributed by atoms with E-state index in [1.165, 1.54) is 18.2 Å². The van der Waals surface area contributed by atoms with Crippen LogP contribution in [0.3, 0.4) is 0 Å². The van der Waals surface area contributed by atoms with Crippen LogP contribution in [0.4, 0.5) is 21.5 Å². The lowest BCUT2D eigenvalue weighted by Crippen LogP contribution is -2.25. The molecule has 3 aromatic rings. The van der Waals surface area contributed by atoms with Crippen LogP contribution in [0.15, 0.2) is 78.9 Å². The third kappa shape index (κ3) is 6.31. The molecule has 0 radical (unpaired) electrons. The van der Waals surface area contributed by atoms with E-state index in [-0.39, 0.29) is 11.8 Å². The van der Waals surface area contributed by atoms with Crippen LogP contribution in [-0.2, 0) is 14.3 Å². The van der Waals surface area contributed by atoms with Crippen LogP contribution in [0.5, 0.6) is 5.75 Å². The third-order valence-electron chi connectivity index (χ3n) is 4.53. The van der Waals surface area contributed by atoms with E-state index in [4.69, 9.17) is 9.47 Å². The number of esters is 1. The number of para-hydroxylation sites is 2. The summed E-state index contributed by atoms with van der Waals surface area (Å²) in [4.78, 5) is 26.0. The molecule has 1 N–H and O–H groups in total. The SMILES string of the molecule is CC(C)N(c1ccccc1)c1ccc(NC(=O)COC(=O)COc2ccccc2F)cc1. The second-order valence-electron chi connectivity index (χ2n) is 7.27. The molecule has 0 saturated carbocycles. The summed E-state index contributed by atoms with van der Waals surface area (Å²) in [5.41, 5.74) is 2.64. The molecule has 7 heteroatoms. The quantitative estimate of drug-likeness (QED) is 0.482. The number of amides is 1. The van der Waals surface area contributed by atoms with Crippen molar-refractivity contribution >= 4 is 28.9 Å². The minimum Gasteiger partial charge on any atom is -0.479 e. The molecule has 0 aliphatic heterocycles. The van der Waals surface area contributed by atoms with E-state index in [0.717, 1.165) is 11.4 Å². The molecule has 6 nitrogen and oxygen atoms in total. The summed E-state index contributed by atoms with van der Waals surface area (Å²) >= 11 is 0. The molecule has 3 aromatic carbocycles. The van der Waals surface area contributed by atoms with Crippen molar-refractivity contribution in [1.82, 2.24) is 0 Å². The molecule has 0 aliphatic carbocycles. The van der Waals surface area contributed by atoms with Gasteiger partial charge in [-0.3, -0.25) is 4.79 Å². The van der Waals surface area contributed by atoms with E-state index in [1.54, 1.807) is 18.2 Å². The average molecular weight is 436 g/mol. The Kier molecular flexibility index (Phi) is 7.80. The zero-order chi connectivity index (χ0) is 22.9. The van der Waals surface area contributed by atoms with Gasteiger partial charge in [-0.15, -0.1) is 0 Å². The van der Waals surface area contributed by atoms with Crippen molar-refractivity contribution in [3.8, 4) is 5.75 Å². The van der Waals surface area contributed by atoms with Crippen LogP contribution < -0.4 is 15.0 Å². The molecule has 166 valence electrons. The molecule has 3 rings (SSSR count). The Bertz CT molecular complexity index is 1040. The molecule has 0 atom stereocenters. The molecular formula is C25H25FN2O4. The zero-order valence-electron chi connectivity index (χ0n) is 18.0. The molecule has 0 aromatic heterocycles. The highest BCUT2D eigenvalue weighted by atomic mass is 19.1. The summed E-state index contributed by atoms with van der Waals surface area (Å²) in [5.74, 6) is -1.89. The Morgan fingerprint density at radius 3 is 2.16 bits per heavy atom. The first-order valence-electron chi connectivity index (χ1n) is 10.2. The molecule has 0 saturated heterocycles. The van der Waals surface area contributed by atoms with Gasteiger partial charge in [-0.25, -0.2) is 9.18 Å². The van der Waals surface area contributed by atoms with Crippen LogP contribution in [0, 0.1) is 5.82 Å². The Balaban J connectivity index is 1.50. The topological polar surface area (TPSA) is 67.9 Å². The van der Waals surface area contributed by atoms with Gasteiger partial charge in [-0.2, -0.15) is 0 Å². The first-order valence-corrected chi connectivity index (χ1v) is 10.2. The maximum Gasteiger partial charge on any atom is 0.344 e. The number of carbonyl (C=O) groups excluding carboxylic acids is 2. The summed E-state index contributed by atoms with van der Waals surface area (Å²) in [6, 6.07) is 23.4. The van der Waals surface area contributed by atoms with Crippen molar-refractivity contribution < 1.29 is 23.5 Å². The van der Waals surface area contributed by atoms with Crippen molar-refractivity contribution in [2.24, 2.45) is 0 Å². The summed E-state index contributed by atoms with van der Waals surface area (Å²) < 4.78 is 23.4. The normalized spacial score (nSPS) is 10.5. The Labute approximate surface area is 186 Å². The number of hydrogen-bond donors (Lipinski definition) is 1. The minimum atomic E-state index is -0.769. The van der Waals surface area contributed by atoms with Gasteiger partial charge in [0.25, 0.3) is 5.91 Å². The largest absolute Gasteiger partial charge is 0.479 e. The first kappa shape index (κ1) is 22.8. The Morgan fingerprint density at radius 1 is 0.875 bits per heavy atom. The van der Waals surface area contributed by atoms with Crippen LogP contribution >= 0.6 is 0 Å². The standard InChI is InChI=1S/C25H25FN2O4/c1-18(2)28(20-8-4-3-5-9-20)21-14-12-19(13-15-21)27-24(29)16-32-25(30)17-31-23-11-7-6-10-22(23)26/h3-15,18H,16-17H2,1-2H3,(H,27,29). The molecule has 32 heavy (non-hydrogen) atoms. The van der Waals surface area contributed by atoms with E-state index in [2.05, 4.69) is 24.1 Å². The highest BCUT2D eigenvalue weighted by molar-refractivity contribution is 5.93. The number of nitrogens with one attached hydrogen (secondary N) is 1. The van der Waals surface area contributed by atoms with Crippen molar-refractivity contribution in [2.75, 3.05) is 23.4 Å². The summed E-state index contributed by atoms with van der Waals surface area (Å²) in [6.07, 6.45) is 0. The van der Waals surface area contributed by atoms with Crippen LogP contribution in [0.1, 0.15) is 13.8 Å². The smallest absolute Gasteiger partial charge is 0.344 e. The monoisotopic (exact) mass is 436 g/mol. The third-order valence-corrected chi connectivity index (χ3v) is 4.53. The van der Waals surface area contributed by atoms with E-state index in [0.29, 0.717) is 5.69 Å². The van der Waals surface area contributed by atoms with E-state index < -0.39 is 30.9 Å². The Hall–Kier alpha value is -3.87. The second kappa shape index (κ2) is 10.9. The van der Waals surface area contributed by atoms with Crippen molar-refractivity contribution in [3.63, 3.8) is 0 Å². The van der Waals surface area contributed by atoms with Gasteiger partial charge in [0.2, 0.25) is 0 Å². The average Bonchev–Trinajstić information content (AvgIpc) is 2.79. The highest BCUT2D eigenvalue weighted by Crippen LogP contribution is 2.28. The van der Waals surface area contributed by atoms with Gasteiger partial charge in [-0.05, 0) is 62.4 Å². The lowest BCUT2D eigenvalue weighted by Gasteiger charge is -2.29. The van der Waals surface area contributed by atoms with Gasteiger partial charge in [0.05, 0.1) is 0 Å². The number of hydrogen-bond acceptors (Lipinski definition) is 5. The predicted molar refractivity (Wildman–Crippen MR) is 122 cm³/mol. The van der Waals surface area contributed by atoms with E-state index in [9.17, 15) is 14.0 Å². The Morgan fingerprint density at radius 2 is 1.50 bits per heavy atom.